The van der Waals surface area contributed by atoms with E-state index in [1.807, 2.05) is 0 Å². The number of hydrogen-bond acceptors (Lipinski definition) is 5. The first-order chi connectivity index (χ1) is 12.4. The number of urea groups is 1. The quantitative estimate of drug-likeness (QED) is 0.634. The van der Waals surface area contributed by atoms with Crippen molar-refractivity contribution in [3.63, 3.8) is 0 Å². The number of aromatic hydroxyl groups is 1. The fourth-order valence-electron chi connectivity index (χ4n) is 2.55. The molecule has 7 nitrogen and oxygen atoms in total. The zero-order chi connectivity index (χ0) is 18.8. The van der Waals surface area contributed by atoms with E-state index in [0.29, 0.717) is 16.3 Å². The number of anilines is 1. The van der Waals surface area contributed by atoms with Crippen LogP contribution in [0.1, 0.15) is 5.56 Å². The fraction of sp³-hybridized carbons (Fsp3) is 0.111. The van der Waals surface area contributed by atoms with Crippen molar-refractivity contribution >= 4 is 35.3 Å². The lowest BCUT2D eigenvalue weighted by atomic mass is 10.1. The number of carbonyl (C=O) groups is 2. The topological polar surface area (TPSA) is 88.1 Å². The number of halogens is 1. The van der Waals surface area contributed by atoms with Gasteiger partial charge in [-0.05, 0) is 42.0 Å². The van der Waals surface area contributed by atoms with Gasteiger partial charge in [-0.25, -0.2) is 9.69 Å². The van der Waals surface area contributed by atoms with Crippen molar-refractivity contribution in [2.24, 2.45) is 0 Å². The number of carbonyl (C=O) groups excluding carboxylic acids is 2. The number of nitrogens with zero attached hydrogens (tertiary/aromatic N) is 1. The number of phenols is 1. The number of hydrogen-bond donors (Lipinski definition) is 2. The minimum atomic E-state index is -0.582. The second-order valence-electron chi connectivity index (χ2n) is 5.38. The Labute approximate surface area is 154 Å². The lowest BCUT2D eigenvalue weighted by molar-refractivity contribution is -0.113. The molecule has 0 spiro atoms. The van der Waals surface area contributed by atoms with E-state index in [9.17, 15) is 14.7 Å². The van der Waals surface area contributed by atoms with Crippen LogP contribution in [0.5, 0.6) is 17.2 Å². The van der Waals surface area contributed by atoms with Crippen molar-refractivity contribution in [1.82, 2.24) is 5.32 Å². The Bertz CT molecular complexity index is 901. The van der Waals surface area contributed by atoms with Crippen molar-refractivity contribution < 1.29 is 24.2 Å². The van der Waals surface area contributed by atoms with E-state index in [2.05, 4.69) is 5.32 Å². The maximum Gasteiger partial charge on any atom is 0.333 e. The molecule has 0 aromatic heterocycles. The molecular weight excluding hydrogens is 360 g/mol. The van der Waals surface area contributed by atoms with E-state index in [1.54, 1.807) is 18.2 Å². The average Bonchev–Trinajstić information content (AvgIpc) is 2.89. The third-order valence-electron chi connectivity index (χ3n) is 3.76. The molecule has 134 valence electrons. The summed E-state index contributed by atoms with van der Waals surface area (Å²) in [4.78, 5) is 25.8. The van der Waals surface area contributed by atoms with E-state index in [1.165, 1.54) is 38.5 Å². The van der Waals surface area contributed by atoms with Crippen molar-refractivity contribution in [3.05, 3.63) is 52.7 Å². The molecule has 8 heteroatoms. The SMILES string of the molecule is COc1cc(/C=C2\NC(=O)N(c3cccc(Cl)c3)C2=O)cc(OC)c1O. The highest BCUT2D eigenvalue weighted by atomic mass is 35.5. The van der Waals surface area contributed by atoms with Crippen LogP contribution in [-0.2, 0) is 4.79 Å². The van der Waals surface area contributed by atoms with Crippen LogP contribution in [0, 0.1) is 0 Å². The Morgan fingerprint density at radius 3 is 2.35 bits per heavy atom. The number of ether oxygens (including phenoxy) is 2. The highest BCUT2D eigenvalue weighted by molar-refractivity contribution is 6.32. The van der Waals surface area contributed by atoms with E-state index >= 15 is 0 Å². The van der Waals surface area contributed by atoms with Crippen LogP contribution >= 0.6 is 11.6 Å². The molecule has 1 aliphatic rings. The van der Waals surface area contributed by atoms with Crippen molar-refractivity contribution in [2.75, 3.05) is 19.1 Å². The number of benzene rings is 2. The van der Waals surface area contributed by atoms with Gasteiger partial charge < -0.3 is 19.9 Å². The van der Waals surface area contributed by atoms with Crippen LogP contribution in [0.3, 0.4) is 0 Å². The van der Waals surface area contributed by atoms with Crippen molar-refractivity contribution in [3.8, 4) is 17.2 Å². The largest absolute Gasteiger partial charge is 0.502 e. The predicted octanol–water partition coefficient (Wildman–Crippen LogP) is 3.16. The van der Waals surface area contributed by atoms with Gasteiger partial charge in [0.05, 0.1) is 19.9 Å². The minimum absolute atomic E-state index is 0.0739. The second-order valence-corrected chi connectivity index (χ2v) is 5.82. The highest BCUT2D eigenvalue weighted by Gasteiger charge is 2.35. The number of methoxy groups -OCH3 is 2. The molecule has 0 unspecified atom stereocenters. The van der Waals surface area contributed by atoms with E-state index in [4.69, 9.17) is 21.1 Å². The molecule has 2 aromatic rings. The molecule has 2 aromatic carbocycles. The summed E-state index contributed by atoms with van der Waals surface area (Å²) in [5, 5.41) is 12.9. The summed E-state index contributed by atoms with van der Waals surface area (Å²) in [5.41, 5.74) is 0.946. The Kier molecular flexibility index (Phi) is 4.73. The summed E-state index contributed by atoms with van der Waals surface area (Å²) in [6.45, 7) is 0. The van der Waals surface area contributed by atoms with E-state index < -0.39 is 11.9 Å². The van der Waals surface area contributed by atoms with Crippen LogP contribution in [0.25, 0.3) is 6.08 Å². The molecule has 3 amide bonds. The summed E-state index contributed by atoms with van der Waals surface area (Å²) in [7, 11) is 2.80. The van der Waals surface area contributed by atoms with Crippen LogP contribution < -0.4 is 19.7 Å². The standard InChI is InChI=1S/C18H15ClN2O5/c1-25-14-7-10(8-15(26-2)16(14)22)6-13-17(23)21(18(24)20-13)12-5-3-4-11(19)9-12/h3-9,22H,1-2H3,(H,20,24)/b13-6-. The van der Waals surface area contributed by atoms with Crippen molar-refractivity contribution in [1.29, 1.82) is 0 Å². The van der Waals surface area contributed by atoms with Crippen molar-refractivity contribution in [2.45, 2.75) is 0 Å². The number of nitrogens with one attached hydrogen (secondary N) is 1. The van der Waals surface area contributed by atoms with Gasteiger partial charge in [-0.3, -0.25) is 4.79 Å². The Morgan fingerprint density at radius 1 is 1.12 bits per heavy atom. The van der Waals surface area contributed by atoms with Crippen LogP contribution in [0.2, 0.25) is 5.02 Å². The molecule has 2 N–H and O–H groups in total. The molecule has 1 fully saturated rings. The third-order valence-corrected chi connectivity index (χ3v) is 3.99. The lowest BCUT2D eigenvalue weighted by Crippen LogP contribution is -2.30. The molecule has 3 rings (SSSR count). The number of imide groups is 1. The molecule has 0 aliphatic carbocycles. The first-order valence-corrected chi connectivity index (χ1v) is 7.90. The zero-order valence-corrected chi connectivity index (χ0v) is 14.7. The summed E-state index contributed by atoms with van der Waals surface area (Å²) >= 11 is 5.93. The van der Waals surface area contributed by atoms with E-state index in [0.717, 1.165) is 4.90 Å². The van der Waals surface area contributed by atoms with Crippen LogP contribution in [0.15, 0.2) is 42.1 Å². The number of amides is 3. The van der Waals surface area contributed by atoms with Gasteiger partial charge in [0.2, 0.25) is 5.75 Å². The van der Waals surface area contributed by atoms with E-state index in [-0.39, 0.29) is 22.9 Å². The number of phenolic OH excluding ortho intramolecular Hbond substituents is 1. The minimum Gasteiger partial charge on any atom is -0.502 e. The molecular formula is C18H15ClN2O5. The van der Waals surface area contributed by atoms with Gasteiger partial charge >= 0.3 is 6.03 Å². The van der Waals surface area contributed by atoms with Gasteiger partial charge in [0.1, 0.15) is 5.70 Å². The van der Waals surface area contributed by atoms with Crippen LogP contribution in [0.4, 0.5) is 10.5 Å². The monoisotopic (exact) mass is 374 g/mol. The maximum atomic E-state index is 12.6. The average molecular weight is 375 g/mol. The van der Waals surface area contributed by atoms with Gasteiger partial charge in [0, 0.05) is 5.02 Å². The maximum absolute atomic E-state index is 12.6. The molecule has 0 atom stereocenters. The summed E-state index contributed by atoms with van der Waals surface area (Å²) in [6.07, 6.45) is 1.47. The Morgan fingerprint density at radius 2 is 1.77 bits per heavy atom. The first-order valence-electron chi connectivity index (χ1n) is 7.52. The van der Waals surface area contributed by atoms with Gasteiger partial charge in [0.25, 0.3) is 5.91 Å². The molecule has 26 heavy (non-hydrogen) atoms. The molecule has 1 aliphatic heterocycles. The van der Waals surface area contributed by atoms with Gasteiger partial charge in [0.15, 0.2) is 11.5 Å². The predicted molar refractivity (Wildman–Crippen MR) is 96.7 cm³/mol. The molecule has 0 radical (unpaired) electrons. The smallest absolute Gasteiger partial charge is 0.333 e. The van der Waals surface area contributed by atoms with Gasteiger partial charge in [-0.2, -0.15) is 0 Å². The molecule has 0 bridgehead atoms. The highest BCUT2D eigenvalue weighted by Crippen LogP contribution is 2.38. The summed E-state index contributed by atoms with van der Waals surface area (Å²) in [6, 6.07) is 8.89. The zero-order valence-electron chi connectivity index (χ0n) is 13.9. The van der Waals surface area contributed by atoms with Gasteiger partial charge in [-0.15, -0.1) is 0 Å². The normalized spacial score (nSPS) is 15.3. The molecule has 1 heterocycles. The lowest BCUT2D eigenvalue weighted by Gasteiger charge is -2.11. The van der Waals surface area contributed by atoms with Gasteiger partial charge in [-0.1, -0.05) is 17.7 Å². The first kappa shape index (κ1) is 17.6. The number of rotatable bonds is 4. The third kappa shape index (κ3) is 3.16. The fourth-order valence-corrected chi connectivity index (χ4v) is 2.73. The second kappa shape index (κ2) is 6.97. The Balaban J connectivity index is 1.98. The molecule has 0 saturated carbocycles. The Hall–Kier alpha value is -3.19. The summed E-state index contributed by atoms with van der Waals surface area (Å²) in [5.74, 6) is -0.317. The molecule has 1 saturated heterocycles. The van der Waals surface area contributed by atoms with Crippen LogP contribution in [-0.4, -0.2) is 31.3 Å². The summed E-state index contributed by atoms with van der Waals surface area (Å²) < 4.78 is 10.2.